The highest BCUT2D eigenvalue weighted by Crippen LogP contribution is 2.33. The van der Waals surface area contributed by atoms with Crippen molar-refractivity contribution < 1.29 is 14.5 Å². The van der Waals surface area contributed by atoms with Gasteiger partial charge in [0.2, 0.25) is 5.78 Å². The second kappa shape index (κ2) is 4.53. The van der Waals surface area contributed by atoms with Gasteiger partial charge in [0.1, 0.15) is 5.75 Å². The Kier molecular flexibility index (Phi) is 3.08. The molecule has 0 N–H and O–H groups in total. The van der Waals surface area contributed by atoms with E-state index >= 15 is 0 Å². The average Bonchev–Trinajstić information content (AvgIpc) is 2.63. The van der Waals surface area contributed by atoms with Gasteiger partial charge < -0.3 is 4.74 Å². The summed E-state index contributed by atoms with van der Waals surface area (Å²) in [7, 11) is 0. The number of ketones is 1. The van der Waals surface area contributed by atoms with E-state index in [4.69, 9.17) is 4.74 Å². The van der Waals surface area contributed by atoms with E-state index in [1.807, 2.05) is 6.92 Å². The van der Waals surface area contributed by atoms with E-state index in [0.717, 1.165) is 12.8 Å². The highest BCUT2D eigenvalue weighted by Gasteiger charge is 2.33. The molecule has 1 aliphatic heterocycles. The number of hydrogen-bond acceptors (Lipinski definition) is 4. The topological polar surface area (TPSA) is 69.4 Å². The van der Waals surface area contributed by atoms with E-state index < -0.39 is 11.0 Å². The molecule has 5 nitrogen and oxygen atoms in total. The number of carbonyl (C=O) groups excluding carboxylic acids is 1. The zero-order chi connectivity index (χ0) is 12.4. The normalized spacial score (nSPS) is 17.7. The van der Waals surface area contributed by atoms with Crippen molar-refractivity contribution in [3.05, 3.63) is 33.9 Å². The fourth-order valence-electron chi connectivity index (χ4n) is 1.89. The smallest absolute Gasteiger partial charge is 0.270 e. The Labute approximate surface area is 98.5 Å². The average molecular weight is 235 g/mol. The molecule has 0 spiro atoms. The Balaban J connectivity index is 2.23. The number of ether oxygens (including phenoxy) is 1. The minimum absolute atomic E-state index is 0.0724. The first-order chi connectivity index (χ1) is 8.13. The molecule has 1 aromatic rings. The summed E-state index contributed by atoms with van der Waals surface area (Å²) in [6.45, 7) is 2.04. The second-order valence-electron chi connectivity index (χ2n) is 4.05. The molecule has 0 saturated carbocycles. The molecule has 5 heteroatoms. The van der Waals surface area contributed by atoms with Crippen LogP contribution in [0.25, 0.3) is 0 Å². The molecular weight excluding hydrogens is 222 g/mol. The first-order valence-corrected chi connectivity index (χ1v) is 5.62. The van der Waals surface area contributed by atoms with Gasteiger partial charge in [-0.25, -0.2) is 0 Å². The Morgan fingerprint density at radius 2 is 2.24 bits per heavy atom. The summed E-state index contributed by atoms with van der Waals surface area (Å²) < 4.78 is 5.48. The van der Waals surface area contributed by atoms with Crippen molar-refractivity contribution in [1.29, 1.82) is 0 Å². The monoisotopic (exact) mass is 235 g/mol. The maximum atomic E-state index is 11.9. The van der Waals surface area contributed by atoms with Gasteiger partial charge in [-0.05, 0) is 18.9 Å². The molecule has 1 heterocycles. The van der Waals surface area contributed by atoms with Crippen molar-refractivity contribution in [2.75, 3.05) is 0 Å². The van der Waals surface area contributed by atoms with Crippen molar-refractivity contribution >= 4 is 11.5 Å². The minimum atomic E-state index is -0.507. The number of carbonyl (C=O) groups is 1. The molecule has 1 aliphatic rings. The first kappa shape index (κ1) is 11.6. The van der Waals surface area contributed by atoms with Crippen LogP contribution in [0.15, 0.2) is 18.2 Å². The third kappa shape index (κ3) is 2.13. The molecule has 0 bridgehead atoms. The van der Waals surface area contributed by atoms with Gasteiger partial charge in [-0.15, -0.1) is 0 Å². The van der Waals surface area contributed by atoms with Gasteiger partial charge in [0, 0.05) is 12.1 Å². The summed E-state index contributed by atoms with van der Waals surface area (Å²) in [6.07, 6.45) is 2.10. The third-order valence-electron chi connectivity index (χ3n) is 2.82. The fourth-order valence-corrected chi connectivity index (χ4v) is 1.89. The molecular formula is C12H13NO4. The number of unbranched alkanes of at least 4 members (excludes halogenated alkanes) is 1. The maximum Gasteiger partial charge on any atom is 0.270 e. The quantitative estimate of drug-likeness (QED) is 0.594. The predicted molar refractivity (Wildman–Crippen MR) is 61.4 cm³/mol. The van der Waals surface area contributed by atoms with Gasteiger partial charge in [0.05, 0.1) is 10.5 Å². The first-order valence-electron chi connectivity index (χ1n) is 5.62. The second-order valence-corrected chi connectivity index (χ2v) is 4.05. The molecule has 1 atom stereocenters. The molecule has 0 saturated heterocycles. The molecule has 1 aromatic carbocycles. The number of hydrogen-bond donors (Lipinski definition) is 0. The van der Waals surface area contributed by atoms with Crippen LogP contribution in [0.5, 0.6) is 5.75 Å². The fraction of sp³-hybridized carbons (Fsp3) is 0.417. The number of nitro benzene ring substituents is 1. The summed E-state index contributed by atoms with van der Waals surface area (Å²) in [6, 6.07) is 4.15. The standard InChI is InChI=1S/C12H13NO4/c1-2-3-4-11-12(14)9-7-8(13(15)16)5-6-10(9)17-11/h5-7,11H,2-4H2,1H3. The number of nitro groups is 1. The Morgan fingerprint density at radius 3 is 2.88 bits per heavy atom. The number of benzene rings is 1. The number of non-ortho nitro benzene ring substituents is 1. The van der Waals surface area contributed by atoms with Crippen LogP contribution in [0.1, 0.15) is 36.5 Å². The summed E-state index contributed by atoms with van der Waals surface area (Å²) in [4.78, 5) is 22.0. The van der Waals surface area contributed by atoms with Gasteiger partial charge in [0.25, 0.3) is 5.69 Å². The van der Waals surface area contributed by atoms with E-state index in [0.29, 0.717) is 17.7 Å². The summed E-state index contributed by atoms with van der Waals surface area (Å²) in [5, 5.41) is 10.6. The third-order valence-corrected chi connectivity index (χ3v) is 2.82. The lowest BCUT2D eigenvalue weighted by Crippen LogP contribution is -2.19. The van der Waals surface area contributed by atoms with Crippen molar-refractivity contribution in [1.82, 2.24) is 0 Å². The van der Waals surface area contributed by atoms with Crippen LogP contribution < -0.4 is 4.74 Å². The van der Waals surface area contributed by atoms with Crippen LogP contribution in [0.2, 0.25) is 0 Å². The largest absolute Gasteiger partial charge is 0.481 e. The van der Waals surface area contributed by atoms with E-state index in [2.05, 4.69) is 0 Å². The lowest BCUT2D eigenvalue weighted by molar-refractivity contribution is -0.384. The Morgan fingerprint density at radius 1 is 1.47 bits per heavy atom. The lowest BCUT2D eigenvalue weighted by atomic mass is 10.0. The highest BCUT2D eigenvalue weighted by molar-refractivity contribution is 6.05. The number of fused-ring (bicyclic) bond motifs is 1. The molecule has 0 aromatic heterocycles. The van der Waals surface area contributed by atoms with E-state index in [1.54, 1.807) is 0 Å². The van der Waals surface area contributed by atoms with Crippen molar-refractivity contribution in [3.63, 3.8) is 0 Å². The number of rotatable bonds is 4. The van der Waals surface area contributed by atoms with Gasteiger partial charge in [-0.2, -0.15) is 0 Å². The molecule has 0 aliphatic carbocycles. The SMILES string of the molecule is CCCCC1Oc2ccc([N+](=O)[O-])cc2C1=O. The van der Waals surface area contributed by atoms with E-state index in [-0.39, 0.29) is 11.5 Å². The molecule has 2 rings (SSSR count). The molecule has 1 unspecified atom stereocenters. The van der Waals surface area contributed by atoms with Gasteiger partial charge in [0.15, 0.2) is 6.10 Å². The Bertz CT molecular complexity index is 470. The van der Waals surface area contributed by atoms with Crippen LogP contribution in [-0.2, 0) is 0 Å². The van der Waals surface area contributed by atoms with E-state index in [9.17, 15) is 14.9 Å². The maximum absolute atomic E-state index is 11.9. The highest BCUT2D eigenvalue weighted by atomic mass is 16.6. The zero-order valence-electron chi connectivity index (χ0n) is 9.51. The minimum Gasteiger partial charge on any atom is -0.481 e. The van der Waals surface area contributed by atoms with Gasteiger partial charge in [-0.3, -0.25) is 14.9 Å². The lowest BCUT2D eigenvalue weighted by Gasteiger charge is -2.07. The van der Waals surface area contributed by atoms with Crippen LogP contribution in [0, 0.1) is 10.1 Å². The van der Waals surface area contributed by atoms with Crippen LogP contribution in [0.3, 0.4) is 0 Å². The summed E-state index contributed by atoms with van der Waals surface area (Å²) >= 11 is 0. The van der Waals surface area contributed by atoms with Crippen LogP contribution >= 0.6 is 0 Å². The molecule has 0 fully saturated rings. The van der Waals surface area contributed by atoms with Gasteiger partial charge in [-0.1, -0.05) is 13.3 Å². The summed E-state index contributed by atoms with van der Waals surface area (Å²) in [5.74, 6) is 0.318. The van der Waals surface area contributed by atoms with Crippen LogP contribution in [0.4, 0.5) is 5.69 Å². The molecule has 17 heavy (non-hydrogen) atoms. The molecule has 0 radical (unpaired) electrons. The summed E-state index contributed by atoms with van der Waals surface area (Å²) in [5.41, 5.74) is 0.261. The molecule has 90 valence electrons. The molecule has 0 amide bonds. The van der Waals surface area contributed by atoms with Crippen molar-refractivity contribution in [2.24, 2.45) is 0 Å². The zero-order valence-corrected chi connectivity index (χ0v) is 9.51. The predicted octanol–water partition coefficient (Wildman–Crippen LogP) is 2.73. The number of nitrogens with zero attached hydrogens (tertiary/aromatic N) is 1. The van der Waals surface area contributed by atoms with Crippen LogP contribution in [-0.4, -0.2) is 16.8 Å². The van der Waals surface area contributed by atoms with Gasteiger partial charge >= 0.3 is 0 Å². The number of Topliss-reactive ketones (excluding diaryl/α,β-unsaturated/α-hetero) is 1. The van der Waals surface area contributed by atoms with E-state index in [1.165, 1.54) is 18.2 Å². The Hall–Kier alpha value is -1.91. The van der Waals surface area contributed by atoms with Crippen molar-refractivity contribution in [2.45, 2.75) is 32.3 Å². The van der Waals surface area contributed by atoms with Crippen molar-refractivity contribution in [3.8, 4) is 5.75 Å².